The van der Waals surface area contributed by atoms with Crippen LogP contribution in [0.15, 0.2) is 0 Å². The van der Waals surface area contributed by atoms with Crippen LogP contribution in [0.4, 0.5) is 11.9 Å². The first-order valence-corrected chi connectivity index (χ1v) is 5.35. The van der Waals surface area contributed by atoms with Crippen molar-refractivity contribution < 1.29 is 0 Å². The lowest BCUT2D eigenvalue weighted by molar-refractivity contribution is 0.372. The highest BCUT2D eigenvalue weighted by molar-refractivity contribution is 5.27. The predicted molar refractivity (Wildman–Crippen MR) is 59.0 cm³/mol. The van der Waals surface area contributed by atoms with Gasteiger partial charge in [-0.05, 0) is 25.7 Å². The Morgan fingerprint density at radius 2 is 1.56 bits per heavy atom. The molecule has 1 aromatic heterocycles. The largest absolute Gasteiger partial charge is 0.368 e. The molecule has 0 aromatic carbocycles. The van der Waals surface area contributed by atoms with Crippen LogP contribution in [-0.4, -0.2) is 15.0 Å². The maximum Gasteiger partial charge on any atom is 0.225 e. The quantitative estimate of drug-likeness (QED) is 0.721. The molecule has 4 N–H and O–H groups in total. The zero-order valence-electron chi connectivity index (χ0n) is 8.93. The molecular weight excluding hydrogens is 204 g/mol. The van der Waals surface area contributed by atoms with Crippen molar-refractivity contribution in [1.29, 1.82) is 5.26 Å². The maximum atomic E-state index is 8.80. The van der Waals surface area contributed by atoms with Crippen molar-refractivity contribution in [2.24, 2.45) is 5.92 Å². The van der Waals surface area contributed by atoms with Gasteiger partial charge in [-0.2, -0.15) is 20.2 Å². The molecule has 0 amide bonds. The molecule has 16 heavy (non-hydrogen) atoms. The van der Waals surface area contributed by atoms with Crippen molar-refractivity contribution in [3.8, 4) is 6.07 Å². The van der Waals surface area contributed by atoms with E-state index < -0.39 is 0 Å². The summed E-state index contributed by atoms with van der Waals surface area (Å²) in [7, 11) is 0. The van der Waals surface area contributed by atoms with E-state index in [0.29, 0.717) is 5.82 Å². The molecule has 0 spiro atoms. The lowest BCUT2D eigenvalue weighted by Crippen LogP contribution is -2.16. The second kappa shape index (κ2) is 4.31. The number of aromatic nitrogens is 3. The van der Waals surface area contributed by atoms with E-state index in [4.69, 9.17) is 16.7 Å². The molecule has 1 heterocycles. The van der Waals surface area contributed by atoms with Gasteiger partial charge in [0.05, 0.1) is 6.07 Å². The third kappa shape index (κ3) is 2.19. The molecule has 84 valence electrons. The van der Waals surface area contributed by atoms with E-state index in [1.807, 2.05) is 0 Å². The fraction of sp³-hybridized carbons (Fsp3) is 0.600. The van der Waals surface area contributed by atoms with Gasteiger partial charge in [-0.15, -0.1) is 0 Å². The van der Waals surface area contributed by atoms with Crippen LogP contribution in [0.3, 0.4) is 0 Å². The molecule has 1 aliphatic carbocycles. The van der Waals surface area contributed by atoms with Gasteiger partial charge in [0.2, 0.25) is 11.9 Å². The number of nitrogens with two attached hydrogens (primary N) is 2. The lowest BCUT2D eigenvalue weighted by atomic mass is 9.82. The SMILES string of the molecule is N#CC1CCC(c2nc(N)nc(N)n2)CC1. The van der Waals surface area contributed by atoms with E-state index in [9.17, 15) is 0 Å². The monoisotopic (exact) mass is 218 g/mol. The Hall–Kier alpha value is -1.90. The third-order valence-corrected chi connectivity index (χ3v) is 2.96. The molecule has 6 heteroatoms. The Kier molecular flexibility index (Phi) is 2.86. The standard InChI is InChI=1S/C10H14N6/c11-5-6-1-3-7(4-2-6)8-14-9(12)16-10(13)15-8/h6-7H,1-4H2,(H4,12,13,14,15,16). The second-order valence-electron chi connectivity index (χ2n) is 4.09. The normalized spacial score (nSPS) is 24.9. The van der Waals surface area contributed by atoms with Crippen LogP contribution in [0, 0.1) is 17.2 Å². The average molecular weight is 218 g/mol. The number of nitriles is 1. The van der Waals surface area contributed by atoms with E-state index in [1.165, 1.54) is 0 Å². The van der Waals surface area contributed by atoms with E-state index in [-0.39, 0.29) is 23.7 Å². The van der Waals surface area contributed by atoms with Gasteiger partial charge < -0.3 is 11.5 Å². The number of nitrogens with zero attached hydrogens (tertiary/aromatic N) is 4. The van der Waals surface area contributed by atoms with Crippen LogP contribution in [0.25, 0.3) is 0 Å². The van der Waals surface area contributed by atoms with Crippen LogP contribution < -0.4 is 11.5 Å². The zero-order valence-corrected chi connectivity index (χ0v) is 8.93. The summed E-state index contributed by atoms with van der Waals surface area (Å²) in [5, 5.41) is 8.80. The fourth-order valence-corrected chi connectivity index (χ4v) is 2.09. The first-order valence-electron chi connectivity index (χ1n) is 5.35. The minimum absolute atomic E-state index is 0.171. The second-order valence-corrected chi connectivity index (χ2v) is 4.09. The minimum atomic E-state index is 0.171. The van der Waals surface area contributed by atoms with Crippen molar-refractivity contribution in [2.75, 3.05) is 11.5 Å². The summed E-state index contributed by atoms with van der Waals surface area (Å²) in [5.41, 5.74) is 11.1. The van der Waals surface area contributed by atoms with E-state index in [2.05, 4.69) is 21.0 Å². The topological polar surface area (TPSA) is 114 Å². The summed E-state index contributed by atoms with van der Waals surface area (Å²) in [4.78, 5) is 11.9. The summed E-state index contributed by atoms with van der Waals surface area (Å²) >= 11 is 0. The number of anilines is 2. The Bertz CT molecular complexity index is 396. The van der Waals surface area contributed by atoms with Crippen molar-refractivity contribution >= 4 is 11.9 Å². The molecule has 1 fully saturated rings. The summed E-state index contributed by atoms with van der Waals surface area (Å²) < 4.78 is 0. The summed E-state index contributed by atoms with van der Waals surface area (Å²) in [6, 6.07) is 2.30. The number of hydrogen-bond donors (Lipinski definition) is 2. The van der Waals surface area contributed by atoms with Crippen molar-refractivity contribution in [3.63, 3.8) is 0 Å². The van der Waals surface area contributed by atoms with E-state index >= 15 is 0 Å². The first kappa shape index (κ1) is 10.6. The Balaban J connectivity index is 2.11. The highest BCUT2D eigenvalue weighted by atomic mass is 15.1. The Morgan fingerprint density at radius 1 is 1.00 bits per heavy atom. The molecule has 6 nitrogen and oxygen atoms in total. The van der Waals surface area contributed by atoms with E-state index in [1.54, 1.807) is 0 Å². The number of rotatable bonds is 1. The minimum Gasteiger partial charge on any atom is -0.368 e. The molecule has 2 rings (SSSR count). The molecule has 1 aromatic rings. The van der Waals surface area contributed by atoms with E-state index in [0.717, 1.165) is 25.7 Å². The molecular formula is C10H14N6. The van der Waals surface area contributed by atoms with Gasteiger partial charge in [0, 0.05) is 11.8 Å². The van der Waals surface area contributed by atoms with Crippen LogP contribution >= 0.6 is 0 Å². The van der Waals surface area contributed by atoms with Crippen molar-refractivity contribution in [3.05, 3.63) is 5.82 Å². The average Bonchev–Trinajstić information content (AvgIpc) is 2.28. The van der Waals surface area contributed by atoms with Crippen LogP contribution in [0.1, 0.15) is 37.4 Å². The molecule has 0 saturated heterocycles. The van der Waals surface area contributed by atoms with Gasteiger partial charge in [-0.3, -0.25) is 0 Å². The molecule has 0 aliphatic heterocycles. The predicted octanol–water partition coefficient (Wildman–Crippen LogP) is 0.833. The lowest BCUT2D eigenvalue weighted by Gasteiger charge is -2.23. The number of hydrogen-bond acceptors (Lipinski definition) is 6. The van der Waals surface area contributed by atoms with Gasteiger partial charge in [-0.25, -0.2) is 0 Å². The zero-order chi connectivity index (χ0) is 11.5. The fourth-order valence-electron chi connectivity index (χ4n) is 2.09. The van der Waals surface area contributed by atoms with Crippen LogP contribution in [-0.2, 0) is 0 Å². The third-order valence-electron chi connectivity index (χ3n) is 2.96. The van der Waals surface area contributed by atoms with Gasteiger partial charge >= 0.3 is 0 Å². The summed E-state index contributed by atoms with van der Waals surface area (Å²) in [6.07, 6.45) is 3.63. The Morgan fingerprint density at radius 3 is 2.06 bits per heavy atom. The van der Waals surface area contributed by atoms with Gasteiger partial charge in [0.25, 0.3) is 0 Å². The van der Waals surface area contributed by atoms with Gasteiger partial charge in [-0.1, -0.05) is 0 Å². The number of nitrogen functional groups attached to an aromatic ring is 2. The smallest absolute Gasteiger partial charge is 0.225 e. The summed E-state index contributed by atoms with van der Waals surface area (Å²) in [5.74, 6) is 1.45. The molecule has 0 bridgehead atoms. The molecule has 0 unspecified atom stereocenters. The van der Waals surface area contributed by atoms with Crippen molar-refractivity contribution in [1.82, 2.24) is 15.0 Å². The van der Waals surface area contributed by atoms with Gasteiger partial charge in [0.15, 0.2) is 0 Å². The molecule has 0 atom stereocenters. The molecule has 1 saturated carbocycles. The van der Waals surface area contributed by atoms with Crippen molar-refractivity contribution in [2.45, 2.75) is 31.6 Å². The van der Waals surface area contributed by atoms with Gasteiger partial charge in [0.1, 0.15) is 5.82 Å². The molecule has 0 radical (unpaired) electrons. The highest BCUT2D eigenvalue weighted by Gasteiger charge is 2.24. The first-order chi connectivity index (χ1) is 7.69. The Labute approximate surface area is 93.7 Å². The highest BCUT2D eigenvalue weighted by Crippen LogP contribution is 2.34. The van der Waals surface area contributed by atoms with Crippen LogP contribution in [0.5, 0.6) is 0 Å². The van der Waals surface area contributed by atoms with Crippen LogP contribution in [0.2, 0.25) is 0 Å². The molecule has 1 aliphatic rings. The maximum absolute atomic E-state index is 8.80. The summed E-state index contributed by atoms with van der Waals surface area (Å²) in [6.45, 7) is 0.